The Morgan fingerprint density at radius 1 is 0.962 bits per heavy atom. The van der Waals surface area contributed by atoms with Gasteiger partial charge in [-0.05, 0) is 43.3 Å². The molecule has 0 fully saturated rings. The van der Waals surface area contributed by atoms with Crippen molar-refractivity contribution < 1.29 is 14.0 Å². The maximum atomic E-state index is 13.1. The molecule has 0 bridgehead atoms. The highest BCUT2D eigenvalue weighted by Gasteiger charge is 2.35. The smallest absolute Gasteiger partial charge is 0.261 e. The molecule has 5 nitrogen and oxygen atoms in total. The van der Waals surface area contributed by atoms with Gasteiger partial charge in [-0.3, -0.25) is 19.5 Å². The molecule has 3 heterocycles. The molecule has 0 spiro atoms. The second-order valence-electron chi connectivity index (χ2n) is 6.07. The van der Waals surface area contributed by atoms with Crippen LogP contribution in [0.2, 0.25) is 0 Å². The molecule has 0 radical (unpaired) electrons. The van der Waals surface area contributed by atoms with E-state index in [0.29, 0.717) is 28.2 Å². The van der Waals surface area contributed by atoms with Gasteiger partial charge in [0.2, 0.25) is 0 Å². The quantitative estimate of drug-likeness (QED) is 0.537. The second-order valence-corrected chi connectivity index (χ2v) is 6.07. The third-order valence-electron chi connectivity index (χ3n) is 4.26. The number of furan rings is 1. The summed E-state index contributed by atoms with van der Waals surface area (Å²) in [5.41, 5.74) is 2.21. The van der Waals surface area contributed by atoms with Gasteiger partial charge in [-0.15, -0.1) is 0 Å². The number of aromatic nitrogens is 1. The van der Waals surface area contributed by atoms with Crippen molar-refractivity contribution in [2.75, 3.05) is 0 Å². The van der Waals surface area contributed by atoms with E-state index in [4.69, 9.17) is 4.42 Å². The Kier molecular flexibility index (Phi) is 3.97. The van der Waals surface area contributed by atoms with Gasteiger partial charge in [0.15, 0.2) is 0 Å². The van der Waals surface area contributed by atoms with Crippen LogP contribution < -0.4 is 0 Å². The number of amides is 2. The Bertz CT molecular complexity index is 1020. The Balaban J connectivity index is 1.80. The summed E-state index contributed by atoms with van der Waals surface area (Å²) in [5, 5.41) is 0. The van der Waals surface area contributed by atoms with Crippen molar-refractivity contribution in [2.24, 2.45) is 0 Å². The fourth-order valence-electron chi connectivity index (χ4n) is 3.01. The number of aryl methyl sites for hydroxylation is 1. The van der Waals surface area contributed by atoms with Gasteiger partial charge in [-0.25, -0.2) is 0 Å². The van der Waals surface area contributed by atoms with E-state index >= 15 is 0 Å². The minimum Gasteiger partial charge on any atom is -0.462 e. The molecule has 0 aliphatic carbocycles. The van der Waals surface area contributed by atoms with Gasteiger partial charge in [0.25, 0.3) is 11.8 Å². The van der Waals surface area contributed by atoms with Gasteiger partial charge in [0, 0.05) is 17.3 Å². The molecule has 2 amide bonds. The lowest BCUT2D eigenvalue weighted by molar-refractivity contribution is -0.123. The number of hydrogen-bond donors (Lipinski definition) is 0. The van der Waals surface area contributed by atoms with E-state index in [-0.39, 0.29) is 18.4 Å². The summed E-state index contributed by atoms with van der Waals surface area (Å²) >= 11 is 0. The Labute approximate surface area is 150 Å². The lowest BCUT2D eigenvalue weighted by Crippen LogP contribution is -2.41. The van der Waals surface area contributed by atoms with Gasteiger partial charge < -0.3 is 4.42 Å². The van der Waals surface area contributed by atoms with Crippen LogP contribution in [-0.2, 0) is 11.3 Å². The van der Waals surface area contributed by atoms with E-state index in [0.717, 1.165) is 5.76 Å². The van der Waals surface area contributed by atoms with Gasteiger partial charge in [-0.2, -0.15) is 0 Å². The molecule has 1 aromatic carbocycles. The van der Waals surface area contributed by atoms with Crippen molar-refractivity contribution in [3.05, 3.63) is 89.1 Å². The average Bonchev–Trinajstić information content (AvgIpc) is 3.08. The van der Waals surface area contributed by atoms with E-state index in [1.54, 1.807) is 48.7 Å². The molecule has 5 heteroatoms. The predicted octanol–water partition coefficient (Wildman–Crippen LogP) is 3.71. The molecule has 0 N–H and O–H groups in total. The van der Waals surface area contributed by atoms with Crippen LogP contribution in [0.4, 0.5) is 0 Å². The van der Waals surface area contributed by atoms with E-state index in [1.165, 1.54) is 4.90 Å². The normalized spacial score (nSPS) is 15.4. The number of imide groups is 1. The summed E-state index contributed by atoms with van der Waals surface area (Å²) in [5.74, 6) is 0.667. The van der Waals surface area contributed by atoms with E-state index in [1.807, 2.05) is 25.1 Å². The fraction of sp³-hybridized carbons (Fsp3) is 0.0952. The van der Waals surface area contributed by atoms with E-state index in [2.05, 4.69) is 4.98 Å². The van der Waals surface area contributed by atoms with Crippen molar-refractivity contribution in [3.8, 4) is 0 Å². The Morgan fingerprint density at radius 3 is 2.42 bits per heavy atom. The molecule has 0 saturated heterocycles. The molecule has 3 aromatic rings. The minimum absolute atomic E-state index is 0.126. The first-order valence-corrected chi connectivity index (χ1v) is 8.27. The molecular weight excluding hydrogens is 328 g/mol. The molecule has 4 rings (SSSR count). The van der Waals surface area contributed by atoms with Crippen LogP contribution in [0.25, 0.3) is 11.6 Å². The summed E-state index contributed by atoms with van der Waals surface area (Å²) in [7, 11) is 0. The van der Waals surface area contributed by atoms with E-state index < -0.39 is 0 Å². The van der Waals surface area contributed by atoms with Crippen LogP contribution in [0, 0.1) is 6.92 Å². The summed E-state index contributed by atoms with van der Waals surface area (Å²) in [6.07, 6.45) is 3.33. The zero-order valence-corrected chi connectivity index (χ0v) is 14.2. The maximum absolute atomic E-state index is 13.1. The minimum atomic E-state index is -0.353. The summed E-state index contributed by atoms with van der Waals surface area (Å²) in [6.45, 7) is 1.97. The summed E-state index contributed by atoms with van der Waals surface area (Å²) in [4.78, 5) is 31.4. The fourth-order valence-corrected chi connectivity index (χ4v) is 3.01. The van der Waals surface area contributed by atoms with Crippen LogP contribution in [0.15, 0.2) is 65.2 Å². The van der Waals surface area contributed by atoms with Crippen LogP contribution in [0.5, 0.6) is 0 Å². The summed E-state index contributed by atoms with van der Waals surface area (Å²) < 4.78 is 5.59. The van der Waals surface area contributed by atoms with Crippen molar-refractivity contribution in [1.29, 1.82) is 0 Å². The third kappa shape index (κ3) is 2.84. The highest BCUT2D eigenvalue weighted by molar-refractivity contribution is 6.33. The van der Waals surface area contributed by atoms with Gasteiger partial charge in [0.1, 0.15) is 11.5 Å². The van der Waals surface area contributed by atoms with E-state index in [9.17, 15) is 9.59 Å². The molecule has 1 aliphatic heterocycles. The third-order valence-corrected chi connectivity index (χ3v) is 4.26. The van der Waals surface area contributed by atoms with Crippen molar-refractivity contribution >= 4 is 23.5 Å². The van der Waals surface area contributed by atoms with Crippen molar-refractivity contribution in [1.82, 2.24) is 9.88 Å². The molecule has 128 valence electrons. The molecule has 1 aliphatic rings. The van der Waals surface area contributed by atoms with Gasteiger partial charge in [-0.1, -0.05) is 24.3 Å². The number of fused-ring (bicyclic) bond motifs is 1. The highest BCUT2D eigenvalue weighted by atomic mass is 16.3. The lowest BCUT2D eigenvalue weighted by atomic mass is 9.92. The lowest BCUT2D eigenvalue weighted by Gasteiger charge is -2.28. The Hall–Kier alpha value is -3.47. The van der Waals surface area contributed by atoms with Crippen LogP contribution in [0.1, 0.15) is 33.1 Å². The number of benzene rings is 1. The highest BCUT2D eigenvalue weighted by Crippen LogP contribution is 2.31. The SMILES string of the molecule is Cc1ccc(C=C2C(=O)N(Cc3ccccn3)C(=O)c3ccccc32)o1. The number of nitrogens with zero attached hydrogens (tertiary/aromatic N) is 2. The molecule has 2 aromatic heterocycles. The number of rotatable bonds is 3. The topological polar surface area (TPSA) is 63.4 Å². The van der Waals surface area contributed by atoms with Crippen LogP contribution >= 0.6 is 0 Å². The van der Waals surface area contributed by atoms with Crippen molar-refractivity contribution in [2.45, 2.75) is 13.5 Å². The standard InChI is InChI=1S/C21H16N2O3/c1-14-9-10-16(26-14)12-19-17-7-2-3-8-18(17)20(24)23(21(19)25)13-15-6-4-5-11-22-15/h2-12H,13H2,1H3. The number of carbonyl (C=O) groups excluding carboxylic acids is 2. The van der Waals surface area contributed by atoms with Gasteiger partial charge in [0.05, 0.1) is 17.8 Å². The molecular formula is C21H16N2O3. The average molecular weight is 344 g/mol. The van der Waals surface area contributed by atoms with Crippen molar-refractivity contribution in [3.63, 3.8) is 0 Å². The summed E-state index contributed by atoms with van der Waals surface area (Å²) in [6, 6.07) is 16.2. The first-order valence-electron chi connectivity index (χ1n) is 8.27. The van der Waals surface area contributed by atoms with Crippen LogP contribution in [0.3, 0.4) is 0 Å². The first kappa shape index (κ1) is 16.0. The monoisotopic (exact) mass is 344 g/mol. The maximum Gasteiger partial charge on any atom is 0.261 e. The predicted molar refractivity (Wildman–Crippen MR) is 96.9 cm³/mol. The second kappa shape index (κ2) is 6.44. The molecule has 26 heavy (non-hydrogen) atoms. The molecule has 0 saturated carbocycles. The Morgan fingerprint density at radius 2 is 1.73 bits per heavy atom. The molecule has 0 atom stereocenters. The number of pyridine rings is 1. The number of carbonyl (C=O) groups is 2. The zero-order valence-electron chi connectivity index (χ0n) is 14.2. The zero-order chi connectivity index (χ0) is 18.1. The number of hydrogen-bond acceptors (Lipinski definition) is 4. The van der Waals surface area contributed by atoms with Crippen LogP contribution in [-0.4, -0.2) is 21.7 Å². The largest absolute Gasteiger partial charge is 0.462 e. The van der Waals surface area contributed by atoms with Gasteiger partial charge >= 0.3 is 0 Å². The first-order chi connectivity index (χ1) is 12.6. The molecule has 0 unspecified atom stereocenters.